The van der Waals surface area contributed by atoms with Crippen LogP contribution in [0.4, 0.5) is 4.79 Å². The third kappa shape index (κ3) is 10.5. The molecule has 0 spiro atoms. The fraction of sp³-hybridized carbons (Fsp3) is 0.459. The number of carbonyl (C=O) groups is 4. The first-order chi connectivity index (χ1) is 22.4. The number of carbonyl (C=O) groups excluding carboxylic acids is 4. The summed E-state index contributed by atoms with van der Waals surface area (Å²) in [7, 11) is 0. The van der Waals surface area contributed by atoms with Crippen molar-refractivity contribution < 1.29 is 33.8 Å². The first-order valence-electron chi connectivity index (χ1n) is 16.1. The predicted molar refractivity (Wildman–Crippen MR) is 181 cm³/mol. The van der Waals surface area contributed by atoms with Gasteiger partial charge in [0.1, 0.15) is 19.3 Å². The van der Waals surface area contributed by atoms with E-state index in [2.05, 4.69) is 41.2 Å². The largest absolute Gasteiger partial charge is 0.462 e. The van der Waals surface area contributed by atoms with Crippen molar-refractivity contribution in [1.29, 1.82) is 0 Å². The van der Waals surface area contributed by atoms with Gasteiger partial charge in [0.15, 0.2) is 0 Å². The molecule has 0 fully saturated rings. The monoisotopic (exact) mass is 647 g/mol. The average molecular weight is 648 g/mol. The van der Waals surface area contributed by atoms with Gasteiger partial charge in [-0.15, -0.1) is 13.2 Å². The first-order valence-corrected chi connectivity index (χ1v) is 16.1. The summed E-state index contributed by atoms with van der Waals surface area (Å²) in [5.74, 6) is -2.24. The van der Waals surface area contributed by atoms with Crippen LogP contribution in [0.1, 0.15) is 70.4 Å². The molecule has 1 aliphatic carbocycles. The Bertz CT molecular complexity index is 1370. The van der Waals surface area contributed by atoms with Crippen molar-refractivity contribution in [3.63, 3.8) is 0 Å². The molecule has 2 aromatic carbocycles. The molecule has 0 heterocycles. The van der Waals surface area contributed by atoms with Crippen LogP contribution in [-0.4, -0.2) is 66.9 Å². The van der Waals surface area contributed by atoms with Gasteiger partial charge in [-0.2, -0.15) is 0 Å². The number of benzene rings is 2. The van der Waals surface area contributed by atoms with Gasteiger partial charge in [0.25, 0.3) is 0 Å². The van der Waals surface area contributed by atoms with Gasteiger partial charge in [-0.05, 0) is 53.9 Å². The molecule has 0 radical (unpaired) electrons. The zero-order valence-electron chi connectivity index (χ0n) is 27.9. The molecule has 47 heavy (non-hydrogen) atoms. The Morgan fingerprint density at radius 1 is 0.915 bits per heavy atom. The topological polar surface area (TPSA) is 143 Å². The van der Waals surface area contributed by atoms with Crippen molar-refractivity contribution in [3.8, 4) is 11.1 Å². The maximum atomic E-state index is 13.3. The Kier molecular flexibility index (Phi) is 13.8. The van der Waals surface area contributed by atoms with E-state index in [0.29, 0.717) is 6.42 Å². The minimum atomic E-state index is -0.995. The molecule has 0 saturated heterocycles. The quantitative estimate of drug-likeness (QED) is 0.140. The highest BCUT2D eigenvalue weighted by Crippen LogP contribution is 2.44. The number of hydrogen-bond acceptors (Lipinski definition) is 7. The minimum absolute atomic E-state index is 0.0907. The first kappa shape index (κ1) is 37.0. The molecule has 2 aromatic rings. The summed E-state index contributed by atoms with van der Waals surface area (Å²) in [5.41, 5.74) is 3.87. The molecule has 0 bridgehead atoms. The van der Waals surface area contributed by atoms with Crippen LogP contribution in [0.5, 0.6) is 0 Å². The van der Waals surface area contributed by atoms with Crippen LogP contribution in [0.3, 0.4) is 0 Å². The lowest BCUT2D eigenvalue weighted by Crippen LogP contribution is -2.51. The molecular formula is C37H49N3O7. The second kappa shape index (κ2) is 17.5. The van der Waals surface area contributed by atoms with Crippen LogP contribution in [0.2, 0.25) is 0 Å². The summed E-state index contributed by atoms with van der Waals surface area (Å²) in [5, 5.41) is 17.5. The van der Waals surface area contributed by atoms with Crippen molar-refractivity contribution >= 4 is 23.9 Å². The summed E-state index contributed by atoms with van der Waals surface area (Å²) < 4.78 is 11.3. The van der Waals surface area contributed by atoms with Crippen molar-refractivity contribution in [2.24, 2.45) is 11.3 Å². The molecule has 0 unspecified atom stereocenters. The van der Waals surface area contributed by atoms with Crippen LogP contribution in [0, 0.1) is 11.3 Å². The number of allylic oxidation sites excluding steroid dienone is 2. The number of aliphatic hydroxyl groups is 1. The molecule has 3 amide bonds. The van der Waals surface area contributed by atoms with Gasteiger partial charge in [0, 0.05) is 18.4 Å². The standard InChI is InChI=1S/C37H49N3O7/c1-7-9-19-31(39-36(45)47-22-30-28-17-12-10-15-26(28)27-16-11-13-18-29(27)30)35(44)46-23-32(37(4,5)6)40-34(43)25(14-8-2)20-33(42)38-24(3)21-41/h7-8,10-13,15-18,24-25,30-32,41H,1-2,9,14,19-23H2,3-6H3,(H,38,42)(H,39,45)(H,40,43)/t24-,25+,31-,32+/m0/s1. The van der Waals surface area contributed by atoms with Crippen molar-refractivity contribution in [2.45, 2.75) is 77.4 Å². The van der Waals surface area contributed by atoms with Crippen LogP contribution in [0.15, 0.2) is 73.8 Å². The fourth-order valence-electron chi connectivity index (χ4n) is 5.47. The third-order valence-electron chi connectivity index (χ3n) is 8.27. The van der Waals surface area contributed by atoms with Crippen LogP contribution >= 0.6 is 0 Å². The lowest BCUT2D eigenvalue weighted by molar-refractivity contribution is -0.148. The van der Waals surface area contributed by atoms with E-state index in [1.165, 1.54) is 0 Å². The van der Waals surface area contributed by atoms with E-state index in [-0.39, 0.29) is 56.8 Å². The number of alkyl carbamates (subject to hydrolysis) is 1. The van der Waals surface area contributed by atoms with E-state index < -0.39 is 41.5 Å². The maximum Gasteiger partial charge on any atom is 0.407 e. The van der Waals surface area contributed by atoms with E-state index in [0.717, 1.165) is 22.3 Å². The molecule has 4 N–H and O–H groups in total. The Labute approximate surface area is 278 Å². The van der Waals surface area contributed by atoms with Gasteiger partial charge in [0.2, 0.25) is 11.8 Å². The second-order valence-electron chi connectivity index (χ2n) is 13.0. The van der Waals surface area contributed by atoms with Crippen LogP contribution in [-0.2, 0) is 23.9 Å². The SMILES string of the molecule is C=CCC[C@H](NC(=O)OCC1c2ccccc2-c2ccccc21)C(=O)OC[C@@H](NC(=O)[C@H](CC=C)CC(=O)N[C@@H](C)CO)C(C)(C)C. The van der Waals surface area contributed by atoms with Gasteiger partial charge in [-0.25, -0.2) is 9.59 Å². The van der Waals surface area contributed by atoms with Gasteiger partial charge in [0.05, 0.1) is 18.6 Å². The highest BCUT2D eigenvalue weighted by Gasteiger charge is 2.33. The Balaban J connectivity index is 1.62. The Morgan fingerprint density at radius 3 is 2.09 bits per heavy atom. The summed E-state index contributed by atoms with van der Waals surface area (Å²) in [6.07, 6.45) is 3.35. The predicted octanol–water partition coefficient (Wildman–Crippen LogP) is 5.01. The molecule has 0 aliphatic heterocycles. The van der Waals surface area contributed by atoms with Gasteiger partial charge in [-0.1, -0.05) is 81.5 Å². The number of rotatable bonds is 17. The third-order valence-corrected chi connectivity index (χ3v) is 8.27. The lowest BCUT2D eigenvalue weighted by Gasteiger charge is -2.32. The smallest absolute Gasteiger partial charge is 0.407 e. The summed E-state index contributed by atoms with van der Waals surface area (Å²) in [4.78, 5) is 51.9. The molecular weight excluding hydrogens is 598 g/mol. The molecule has 0 aromatic heterocycles. The summed E-state index contributed by atoms with van der Waals surface area (Å²) in [6, 6.07) is 14.0. The van der Waals surface area contributed by atoms with E-state index in [4.69, 9.17) is 9.47 Å². The molecule has 254 valence electrons. The van der Waals surface area contributed by atoms with Crippen molar-refractivity contribution in [1.82, 2.24) is 16.0 Å². The lowest BCUT2D eigenvalue weighted by atomic mass is 9.86. The summed E-state index contributed by atoms with van der Waals surface area (Å²) in [6.45, 7) is 14.5. The molecule has 3 rings (SSSR count). The van der Waals surface area contributed by atoms with E-state index in [9.17, 15) is 24.3 Å². The highest BCUT2D eigenvalue weighted by molar-refractivity contribution is 5.86. The Hall–Kier alpha value is -4.44. The number of hydrogen-bond donors (Lipinski definition) is 4. The van der Waals surface area contributed by atoms with E-state index >= 15 is 0 Å². The van der Waals surface area contributed by atoms with E-state index in [1.54, 1.807) is 19.1 Å². The molecule has 10 heteroatoms. The number of esters is 1. The van der Waals surface area contributed by atoms with Crippen LogP contribution < -0.4 is 16.0 Å². The molecule has 4 atom stereocenters. The Morgan fingerprint density at radius 2 is 1.53 bits per heavy atom. The molecule has 0 saturated carbocycles. The van der Waals surface area contributed by atoms with Gasteiger partial charge in [-0.3, -0.25) is 9.59 Å². The number of nitrogens with one attached hydrogen (secondary N) is 3. The maximum absolute atomic E-state index is 13.3. The van der Waals surface area contributed by atoms with Gasteiger partial charge < -0.3 is 30.5 Å². The number of amides is 3. The average Bonchev–Trinajstić information content (AvgIpc) is 3.36. The van der Waals surface area contributed by atoms with Gasteiger partial charge >= 0.3 is 12.1 Å². The summed E-state index contributed by atoms with van der Waals surface area (Å²) >= 11 is 0. The van der Waals surface area contributed by atoms with Crippen molar-refractivity contribution in [3.05, 3.63) is 85.0 Å². The fourth-order valence-corrected chi connectivity index (χ4v) is 5.47. The van der Waals surface area contributed by atoms with Crippen LogP contribution in [0.25, 0.3) is 11.1 Å². The molecule has 1 aliphatic rings. The number of ether oxygens (including phenoxy) is 2. The minimum Gasteiger partial charge on any atom is -0.462 e. The van der Waals surface area contributed by atoms with Crippen molar-refractivity contribution in [2.75, 3.05) is 19.8 Å². The van der Waals surface area contributed by atoms with E-state index in [1.807, 2.05) is 57.2 Å². The zero-order chi connectivity index (χ0) is 34.6. The number of aliphatic hydroxyl groups excluding tert-OH is 1. The molecule has 10 nitrogen and oxygen atoms in total. The zero-order valence-corrected chi connectivity index (χ0v) is 27.9. The normalized spacial score (nSPS) is 14.7. The number of fused-ring (bicyclic) bond motifs is 3. The second-order valence-corrected chi connectivity index (χ2v) is 13.0. The highest BCUT2D eigenvalue weighted by atomic mass is 16.6.